The molecular formula is C9H14N6. The maximum atomic E-state index is 7.09. The lowest BCUT2D eigenvalue weighted by molar-refractivity contribution is 1.19. The Morgan fingerprint density at radius 3 is 2.60 bits per heavy atom. The molecule has 0 aromatic carbocycles. The van der Waals surface area contributed by atoms with E-state index in [1.165, 1.54) is 6.20 Å². The van der Waals surface area contributed by atoms with Gasteiger partial charge < -0.3 is 28.3 Å². The Morgan fingerprint density at radius 2 is 2.07 bits per heavy atom. The highest BCUT2D eigenvalue weighted by Gasteiger charge is 2.07. The van der Waals surface area contributed by atoms with Crippen molar-refractivity contribution < 1.29 is 0 Å². The van der Waals surface area contributed by atoms with Gasteiger partial charge in [-0.3, -0.25) is 0 Å². The fraction of sp³-hybridized carbons (Fsp3) is 0.111. The summed E-state index contributed by atoms with van der Waals surface area (Å²) < 4.78 is 0. The predicted octanol–water partition coefficient (Wildman–Crippen LogP) is -0.137. The van der Waals surface area contributed by atoms with Gasteiger partial charge in [0.2, 0.25) is 0 Å². The first-order valence-electron chi connectivity index (χ1n) is 4.30. The van der Waals surface area contributed by atoms with Gasteiger partial charge in [0.15, 0.2) is 0 Å². The Bertz CT molecular complexity index is 409. The van der Waals surface area contributed by atoms with Gasteiger partial charge in [0.25, 0.3) is 0 Å². The normalized spacial score (nSPS) is 11.3. The van der Waals surface area contributed by atoms with Gasteiger partial charge in [-0.05, 0) is 23.4 Å². The van der Waals surface area contributed by atoms with Crippen LogP contribution in [0.5, 0.6) is 0 Å². The fourth-order valence-electron chi connectivity index (χ4n) is 1.18. The van der Waals surface area contributed by atoms with Crippen LogP contribution in [-0.2, 0) is 6.42 Å². The maximum absolute atomic E-state index is 7.09. The lowest BCUT2D eigenvalue weighted by Gasteiger charge is -2.08. The van der Waals surface area contributed by atoms with E-state index in [-0.39, 0.29) is 5.82 Å². The average molecular weight is 206 g/mol. The molecule has 0 amide bonds. The molecule has 80 valence electrons. The molecule has 0 atom stereocenters. The van der Waals surface area contributed by atoms with Gasteiger partial charge in [-0.2, -0.15) is 0 Å². The molecule has 0 unspecified atom stereocenters. The number of nitrogen functional groups attached to an aromatic ring is 3. The maximum Gasteiger partial charge on any atom is 0.149 e. The number of hydrogen-bond acceptors (Lipinski definition) is 6. The SMILES string of the molecule is N=C/C(=C\N)Cc1cc(N)nc(N)c1N. The highest BCUT2D eigenvalue weighted by molar-refractivity contribution is 5.78. The van der Waals surface area contributed by atoms with E-state index < -0.39 is 0 Å². The first-order valence-corrected chi connectivity index (χ1v) is 4.30. The minimum absolute atomic E-state index is 0.200. The zero-order valence-corrected chi connectivity index (χ0v) is 8.20. The smallest absolute Gasteiger partial charge is 0.149 e. The second kappa shape index (κ2) is 4.32. The number of nitrogens with zero attached hydrogens (tertiary/aromatic N) is 1. The molecule has 0 saturated heterocycles. The minimum atomic E-state index is 0.200. The van der Waals surface area contributed by atoms with Gasteiger partial charge >= 0.3 is 0 Å². The second-order valence-corrected chi connectivity index (χ2v) is 3.07. The van der Waals surface area contributed by atoms with Gasteiger partial charge in [-0.25, -0.2) is 4.98 Å². The Hall–Kier alpha value is -2.24. The van der Waals surface area contributed by atoms with Crippen molar-refractivity contribution in [3.8, 4) is 0 Å². The number of pyridine rings is 1. The van der Waals surface area contributed by atoms with Crippen LogP contribution in [0.2, 0.25) is 0 Å². The monoisotopic (exact) mass is 206 g/mol. The van der Waals surface area contributed by atoms with E-state index in [1.807, 2.05) is 0 Å². The average Bonchev–Trinajstić information content (AvgIpc) is 2.21. The first-order chi connectivity index (χ1) is 7.08. The van der Waals surface area contributed by atoms with Crippen LogP contribution < -0.4 is 22.9 Å². The van der Waals surface area contributed by atoms with Gasteiger partial charge in [-0.1, -0.05) is 0 Å². The van der Waals surface area contributed by atoms with Gasteiger partial charge in [0.1, 0.15) is 11.6 Å². The third kappa shape index (κ3) is 2.37. The molecular weight excluding hydrogens is 192 g/mol. The number of anilines is 3. The van der Waals surface area contributed by atoms with E-state index in [0.717, 1.165) is 11.8 Å². The third-order valence-electron chi connectivity index (χ3n) is 1.99. The summed E-state index contributed by atoms with van der Waals surface area (Å²) in [6.07, 6.45) is 2.92. The molecule has 0 fully saturated rings. The number of rotatable bonds is 3. The molecule has 0 aliphatic carbocycles. The Labute approximate surface area is 87.5 Å². The van der Waals surface area contributed by atoms with E-state index in [1.54, 1.807) is 6.07 Å². The molecule has 0 aliphatic heterocycles. The molecule has 1 heterocycles. The summed E-state index contributed by atoms with van der Waals surface area (Å²) in [4.78, 5) is 3.82. The largest absolute Gasteiger partial charge is 0.404 e. The highest BCUT2D eigenvalue weighted by atomic mass is 14.9. The zero-order chi connectivity index (χ0) is 11.4. The van der Waals surface area contributed by atoms with E-state index in [4.69, 9.17) is 28.3 Å². The fourth-order valence-corrected chi connectivity index (χ4v) is 1.18. The van der Waals surface area contributed by atoms with Crippen molar-refractivity contribution >= 4 is 23.5 Å². The topological polar surface area (TPSA) is 141 Å². The van der Waals surface area contributed by atoms with Crippen molar-refractivity contribution in [2.24, 2.45) is 5.73 Å². The van der Waals surface area contributed by atoms with E-state index in [2.05, 4.69) is 4.98 Å². The summed E-state index contributed by atoms with van der Waals surface area (Å²) in [5, 5.41) is 7.09. The van der Waals surface area contributed by atoms with Crippen LogP contribution in [0.15, 0.2) is 17.8 Å². The summed E-state index contributed by atoms with van der Waals surface area (Å²) in [6.45, 7) is 0. The lowest BCUT2D eigenvalue weighted by Crippen LogP contribution is -2.07. The van der Waals surface area contributed by atoms with Crippen LogP contribution in [0, 0.1) is 5.41 Å². The van der Waals surface area contributed by atoms with Crippen molar-refractivity contribution in [2.75, 3.05) is 17.2 Å². The molecule has 0 spiro atoms. The van der Waals surface area contributed by atoms with Crippen molar-refractivity contribution in [3.63, 3.8) is 0 Å². The van der Waals surface area contributed by atoms with Crippen LogP contribution in [0.4, 0.5) is 17.3 Å². The third-order valence-corrected chi connectivity index (χ3v) is 1.99. The Morgan fingerprint density at radius 1 is 1.40 bits per heavy atom. The first kappa shape index (κ1) is 10.8. The summed E-state index contributed by atoms with van der Waals surface area (Å²) >= 11 is 0. The summed E-state index contributed by atoms with van der Waals surface area (Å²) in [5.41, 5.74) is 23.9. The quantitative estimate of drug-likeness (QED) is 0.438. The number of nitrogens with two attached hydrogens (primary N) is 4. The number of nitrogens with one attached hydrogen (secondary N) is 1. The second-order valence-electron chi connectivity index (χ2n) is 3.07. The van der Waals surface area contributed by atoms with Gasteiger partial charge in [-0.15, -0.1) is 0 Å². The molecule has 0 radical (unpaired) electrons. The molecule has 0 bridgehead atoms. The van der Waals surface area contributed by atoms with Crippen LogP contribution in [0.25, 0.3) is 0 Å². The molecule has 0 aliphatic rings. The molecule has 1 aromatic rings. The molecule has 0 saturated carbocycles. The molecule has 6 nitrogen and oxygen atoms in total. The van der Waals surface area contributed by atoms with E-state index >= 15 is 0 Å². The van der Waals surface area contributed by atoms with Crippen LogP contribution in [-0.4, -0.2) is 11.2 Å². The standard InChI is InChI=1S/C9H14N6/c10-3-5(4-11)1-6-2-7(12)15-9(14)8(6)13/h2-4,10H,1,11,13H2,(H4,12,14,15)/b5-4-,10-3?. The van der Waals surface area contributed by atoms with Crippen molar-refractivity contribution in [1.29, 1.82) is 5.41 Å². The van der Waals surface area contributed by atoms with Crippen LogP contribution in [0.3, 0.4) is 0 Å². The number of hydrogen-bond donors (Lipinski definition) is 5. The van der Waals surface area contributed by atoms with Crippen LogP contribution >= 0.6 is 0 Å². The highest BCUT2D eigenvalue weighted by Crippen LogP contribution is 2.22. The van der Waals surface area contributed by atoms with Gasteiger partial charge in [0.05, 0.1) is 5.69 Å². The minimum Gasteiger partial charge on any atom is -0.404 e. The molecule has 1 aromatic heterocycles. The molecule has 9 N–H and O–H groups in total. The predicted molar refractivity (Wildman–Crippen MR) is 62.2 cm³/mol. The summed E-state index contributed by atoms with van der Waals surface area (Å²) in [7, 11) is 0. The summed E-state index contributed by atoms with van der Waals surface area (Å²) in [5.74, 6) is 0.504. The van der Waals surface area contributed by atoms with Crippen molar-refractivity contribution in [2.45, 2.75) is 6.42 Å². The molecule has 6 heteroatoms. The van der Waals surface area contributed by atoms with Crippen LogP contribution in [0.1, 0.15) is 5.56 Å². The van der Waals surface area contributed by atoms with Crippen molar-refractivity contribution in [3.05, 3.63) is 23.4 Å². The zero-order valence-electron chi connectivity index (χ0n) is 8.20. The molecule has 15 heavy (non-hydrogen) atoms. The summed E-state index contributed by atoms with van der Waals surface area (Å²) in [6, 6.07) is 1.62. The Balaban J connectivity index is 3.09. The lowest BCUT2D eigenvalue weighted by atomic mass is 10.1. The molecule has 1 rings (SSSR count). The Kier molecular flexibility index (Phi) is 3.12. The van der Waals surface area contributed by atoms with E-state index in [9.17, 15) is 0 Å². The van der Waals surface area contributed by atoms with Crippen molar-refractivity contribution in [1.82, 2.24) is 4.98 Å². The number of allylic oxidation sites excluding steroid dienone is 1. The number of aromatic nitrogens is 1. The van der Waals surface area contributed by atoms with Gasteiger partial charge in [0, 0.05) is 12.6 Å². The van der Waals surface area contributed by atoms with E-state index in [0.29, 0.717) is 23.5 Å².